The van der Waals surface area contributed by atoms with Crippen LogP contribution in [0.25, 0.3) is 27.9 Å². The van der Waals surface area contributed by atoms with Crippen molar-refractivity contribution in [3.63, 3.8) is 0 Å². The summed E-state index contributed by atoms with van der Waals surface area (Å²) in [7, 11) is 0. The average Bonchev–Trinajstić information content (AvgIpc) is 3.17. The molecule has 2 aromatic heterocycles. The highest BCUT2D eigenvalue weighted by Crippen LogP contribution is 2.30. The van der Waals surface area contributed by atoms with E-state index in [4.69, 9.17) is 22.3 Å². The van der Waals surface area contributed by atoms with Crippen molar-refractivity contribution in [1.29, 1.82) is 0 Å². The SMILES string of the molecule is CC(C)CNc1nc2ccccc2n2c(-c3ccc(C(N)=O)c(CCl)c3)cnc12. The molecule has 0 aliphatic heterocycles. The maximum atomic E-state index is 11.7. The Morgan fingerprint density at radius 1 is 1.24 bits per heavy atom. The highest BCUT2D eigenvalue weighted by atomic mass is 35.5. The summed E-state index contributed by atoms with van der Waals surface area (Å²) in [5.41, 5.74) is 11.0. The number of carbonyl (C=O) groups excluding carboxylic acids is 1. The van der Waals surface area contributed by atoms with Crippen LogP contribution in [0.1, 0.15) is 29.8 Å². The van der Waals surface area contributed by atoms with Crippen LogP contribution in [-0.2, 0) is 5.88 Å². The van der Waals surface area contributed by atoms with E-state index in [9.17, 15) is 4.79 Å². The van der Waals surface area contributed by atoms with Crippen molar-refractivity contribution < 1.29 is 4.79 Å². The van der Waals surface area contributed by atoms with E-state index in [1.807, 2.05) is 42.6 Å². The summed E-state index contributed by atoms with van der Waals surface area (Å²) in [6, 6.07) is 13.4. The van der Waals surface area contributed by atoms with Crippen LogP contribution in [0.5, 0.6) is 0 Å². The number of hydrogen-bond acceptors (Lipinski definition) is 4. The predicted molar refractivity (Wildman–Crippen MR) is 117 cm³/mol. The van der Waals surface area contributed by atoms with Crippen molar-refractivity contribution in [2.75, 3.05) is 11.9 Å². The van der Waals surface area contributed by atoms with Crippen LogP contribution in [0.15, 0.2) is 48.7 Å². The molecular formula is C22H22ClN5O. The van der Waals surface area contributed by atoms with Gasteiger partial charge in [0.05, 0.1) is 22.9 Å². The van der Waals surface area contributed by atoms with Crippen LogP contribution in [0, 0.1) is 5.92 Å². The second kappa shape index (κ2) is 7.72. The Labute approximate surface area is 173 Å². The fraction of sp³-hybridized carbons (Fsp3) is 0.227. The number of nitrogens with zero attached hydrogens (tertiary/aromatic N) is 3. The molecule has 0 unspecified atom stereocenters. The molecule has 148 valence electrons. The van der Waals surface area contributed by atoms with Gasteiger partial charge in [0.1, 0.15) is 0 Å². The Morgan fingerprint density at radius 3 is 2.76 bits per heavy atom. The second-order valence-electron chi connectivity index (χ2n) is 7.40. The molecule has 2 heterocycles. The van der Waals surface area contributed by atoms with Gasteiger partial charge in [0.25, 0.3) is 0 Å². The number of benzene rings is 2. The standard InChI is InChI=1S/C22H22ClN5O/c1-13(2)11-25-21-22-26-12-19(28(22)18-6-4-3-5-17(18)27-21)14-7-8-16(20(24)29)15(9-14)10-23/h3-9,12-13H,10-11H2,1-2H3,(H2,24,29)(H,25,27). The lowest BCUT2D eigenvalue weighted by Gasteiger charge is -2.13. The van der Waals surface area contributed by atoms with Gasteiger partial charge in [-0.1, -0.05) is 32.0 Å². The quantitative estimate of drug-likeness (QED) is 0.462. The number of halogens is 1. The number of carbonyl (C=O) groups is 1. The first kappa shape index (κ1) is 19.2. The molecule has 2 aromatic carbocycles. The summed E-state index contributed by atoms with van der Waals surface area (Å²) in [5, 5.41) is 3.41. The number of rotatable bonds is 6. The number of nitrogens with one attached hydrogen (secondary N) is 1. The molecular weight excluding hydrogens is 386 g/mol. The van der Waals surface area contributed by atoms with E-state index in [-0.39, 0.29) is 5.88 Å². The van der Waals surface area contributed by atoms with Crippen LogP contribution < -0.4 is 11.1 Å². The summed E-state index contributed by atoms with van der Waals surface area (Å²) in [6.07, 6.45) is 1.82. The Bertz CT molecular complexity index is 1210. The van der Waals surface area contributed by atoms with Crippen LogP contribution in [0.2, 0.25) is 0 Å². The first-order valence-electron chi connectivity index (χ1n) is 9.48. The Kier molecular flexibility index (Phi) is 5.11. The van der Waals surface area contributed by atoms with Crippen LogP contribution in [-0.4, -0.2) is 26.8 Å². The molecule has 0 spiro atoms. The maximum absolute atomic E-state index is 11.7. The molecule has 4 rings (SSSR count). The van der Waals surface area contributed by atoms with Crippen molar-refractivity contribution in [3.05, 3.63) is 59.8 Å². The molecule has 1 amide bonds. The molecule has 0 saturated heterocycles. The number of primary amides is 1. The number of fused-ring (bicyclic) bond motifs is 3. The fourth-order valence-corrected chi connectivity index (χ4v) is 3.63. The number of imidazole rings is 1. The lowest BCUT2D eigenvalue weighted by atomic mass is 10.0. The van der Waals surface area contributed by atoms with E-state index in [1.165, 1.54) is 0 Å². The Balaban J connectivity index is 1.96. The van der Waals surface area contributed by atoms with Crippen molar-refractivity contribution >= 4 is 40.0 Å². The first-order chi connectivity index (χ1) is 14.0. The van der Waals surface area contributed by atoms with Gasteiger partial charge < -0.3 is 11.1 Å². The number of aromatic nitrogens is 3. The highest BCUT2D eigenvalue weighted by Gasteiger charge is 2.16. The monoisotopic (exact) mass is 407 g/mol. The third-order valence-corrected chi connectivity index (χ3v) is 5.10. The molecule has 0 bridgehead atoms. The summed E-state index contributed by atoms with van der Waals surface area (Å²) in [4.78, 5) is 21.1. The van der Waals surface area contributed by atoms with E-state index < -0.39 is 5.91 Å². The van der Waals surface area contributed by atoms with Gasteiger partial charge in [-0.3, -0.25) is 9.20 Å². The minimum atomic E-state index is -0.486. The summed E-state index contributed by atoms with van der Waals surface area (Å²) in [5.74, 6) is 0.937. The number of hydrogen-bond donors (Lipinski definition) is 2. The zero-order valence-corrected chi connectivity index (χ0v) is 17.1. The average molecular weight is 408 g/mol. The maximum Gasteiger partial charge on any atom is 0.249 e. The minimum absolute atomic E-state index is 0.201. The van der Waals surface area contributed by atoms with Gasteiger partial charge in [-0.15, -0.1) is 11.6 Å². The molecule has 0 radical (unpaired) electrons. The first-order valence-corrected chi connectivity index (χ1v) is 10.0. The van der Waals surface area contributed by atoms with Crippen molar-refractivity contribution in [1.82, 2.24) is 14.4 Å². The topological polar surface area (TPSA) is 85.3 Å². The van der Waals surface area contributed by atoms with Crippen LogP contribution >= 0.6 is 11.6 Å². The van der Waals surface area contributed by atoms with Crippen molar-refractivity contribution in [3.8, 4) is 11.3 Å². The van der Waals surface area contributed by atoms with Gasteiger partial charge in [-0.05, 0) is 35.7 Å². The number of nitrogens with two attached hydrogens (primary N) is 1. The van der Waals surface area contributed by atoms with Gasteiger partial charge in [-0.2, -0.15) is 0 Å². The van der Waals surface area contributed by atoms with Crippen LogP contribution in [0.3, 0.4) is 0 Å². The largest absolute Gasteiger partial charge is 0.367 e. The van der Waals surface area contributed by atoms with E-state index >= 15 is 0 Å². The predicted octanol–water partition coefficient (Wildman–Crippen LogP) is 4.46. The molecule has 0 aliphatic rings. The number of alkyl halides is 1. The number of para-hydroxylation sites is 2. The molecule has 0 fully saturated rings. The van der Waals surface area contributed by atoms with Gasteiger partial charge in [-0.25, -0.2) is 9.97 Å². The molecule has 3 N–H and O–H groups in total. The van der Waals surface area contributed by atoms with Gasteiger partial charge in [0.2, 0.25) is 5.91 Å². The molecule has 4 aromatic rings. The number of anilines is 1. The Hall–Kier alpha value is -3.12. The van der Waals surface area contributed by atoms with Gasteiger partial charge >= 0.3 is 0 Å². The zero-order valence-electron chi connectivity index (χ0n) is 16.3. The summed E-state index contributed by atoms with van der Waals surface area (Å²) in [6.45, 7) is 5.10. The lowest BCUT2D eigenvalue weighted by Crippen LogP contribution is -2.13. The summed E-state index contributed by atoms with van der Waals surface area (Å²) >= 11 is 6.07. The molecule has 29 heavy (non-hydrogen) atoms. The summed E-state index contributed by atoms with van der Waals surface area (Å²) < 4.78 is 2.09. The highest BCUT2D eigenvalue weighted by molar-refractivity contribution is 6.17. The fourth-order valence-electron chi connectivity index (χ4n) is 3.41. The van der Waals surface area contributed by atoms with Gasteiger partial charge in [0.15, 0.2) is 11.5 Å². The smallest absolute Gasteiger partial charge is 0.249 e. The normalized spacial score (nSPS) is 11.4. The molecule has 7 heteroatoms. The van der Waals surface area contributed by atoms with Crippen molar-refractivity contribution in [2.24, 2.45) is 11.7 Å². The third-order valence-electron chi connectivity index (χ3n) is 4.82. The van der Waals surface area contributed by atoms with Crippen molar-refractivity contribution in [2.45, 2.75) is 19.7 Å². The van der Waals surface area contributed by atoms with E-state index in [2.05, 4.69) is 28.5 Å². The van der Waals surface area contributed by atoms with E-state index in [1.54, 1.807) is 6.07 Å². The van der Waals surface area contributed by atoms with E-state index in [0.717, 1.165) is 40.3 Å². The zero-order chi connectivity index (χ0) is 20.5. The minimum Gasteiger partial charge on any atom is -0.367 e. The number of amides is 1. The second-order valence-corrected chi connectivity index (χ2v) is 7.66. The van der Waals surface area contributed by atoms with Crippen LogP contribution in [0.4, 0.5) is 5.82 Å². The van der Waals surface area contributed by atoms with E-state index in [0.29, 0.717) is 17.0 Å². The molecule has 6 nitrogen and oxygen atoms in total. The lowest BCUT2D eigenvalue weighted by molar-refractivity contribution is 0.0999. The molecule has 0 atom stereocenters. The Morgan fingerprint density at radius 2 is 2.03 bits per heavy atom. The molecule has 0 aliphatic carbocycles. The van der Waals surface area contributed by atoms with Gasteiger partial charge in [0, 0.05) is 23.6 Å². The third kappa shape index (κ3) is 3.51. The molecule has 0 saturated carbocycles.